The summed E-state index contributed by atoms with van der Waals surface area (Å²) in [7, 11) is 1.77. The second kappa shape index (κ2) is 5.27. The molecule has 0 spiro atoms. The van der Waals surface area contributed by atoms with Crippen LogP contribution in [0.25, 0.3) is 21.8 Å². The van der Waals surface area contributed by atoms with E-state index in [4.69, 9.17) is 0 Å². The van der Waals surface area contributed by atoms with Crippen molar-refractivity contribution in [2.45, 2.75) is 0 Å². The lowest BCUT2D eigenvalue weighted by molar-refractivity contribution is 0.470. The molecule has 0 atom stereocenters. The van der Waals surface area contributed by atoms with Crippen LogP contribution in [0, 0.1) is 0 Å². The summed E-state index contributed by atoms with van der Waals surface area (Å²) in [5, 5.41) is 34.4. The molecule has 8 nitrogen and oxygen atoms in total. The van der Waals surface area contributed by atoms with Gasteiger partial charge in [-0.25, -0.2) is 9.97 Å². The first-order valence-corrected chi connectivity index (χ1v) is 7.13. The van der Waals surface area contributed by atoms with Crippen molar-refractivity contribution in [1.29, 1.82) is 0 Å². The number of phenolic OH excluding ortho intramolecular Hbond substituents is 2. The molecular weight excluding hydrogens is 308 g/mol. The highest BCUT2D eigenvalue weighted by Crippen LogP contribution is 2.40. The predicted molar refractivity (Wildman–Crippen MR) is 87.8 cm³/mol. The fourth-order valence-electron chi connectivity index (χ4n) is 2.53. The van der Waals surface area contributed by atoms with Gasteiger partial charge in [0.1, 0.15) is 17.8 Å². The maximum absolute atomic E-state index is 10.4. The summed E-state index contributed by atoms with van der Waals surface area (Å²) >= 11 is 0. The smallest absolute Gasteiger partial charge is 0.188 e. The van der Waals surface area contributed by atoms with Crippen LogP contribution in [0.4, 0.5) is 11.5 Å². The summed E-state index contributed by atoms with van der Waals surface area (Å²) in [6.45, 7) is 0. The second-order valence-corrected chi connectivity index (χ2v) is 5.21. The summed E-state index contributed by atoms with van der Waals surface area (Å²) < 4.78 is 1.61. The fraction of sp³-hybridized carbons (Fsp3) is 0.0625. The molecule has 4 rings (SSSR count). The Morgan fingerprint density at radius 3 is 2.62 bits per heavy atom. The van der Waals surface area contributed by atoms with Gasteiger partial charge in [-0.05, 0) is 0 Å². The lowest BCUT2D eigenvalue weighted by Gasteiger charge is -2.05. The summed E-state index contributed by atoms with van der Waals surface area (Å²) in [5.41, 5.74) is 0.784. The van der Waals surface area contributed by atoms with Gasteiger partial charge < -0.3 is 10.2 Å². The standard InChI is InChI=1S/C16H12N6O2/c1-22-16-11(7-19-22)15(17-8-18-16)21-20-12-6-13(23)9-4-2-3-5-10(9)14(12)24/h2-8,23-24H,1H3. The quantitative estimate of drug-likeness (QED) is 0.435. The molecule has 0 saturated heterocycles. The number of hydrogen-bond donors (Lipinski definition) is 2. The number of aromatic nitrogens is 4. The van der Waals surface area contributed by atoms with E-state index in [2.05, 4.69) is 25.3 Å². The molecule has 8 heteroatoms. The number of hydrogen-bond acceptors (Lipinski definition) is 7. The van der Waals surface area contributed by atoms with Gasteiger partial charge in [-0.3, -0.25) is 4.68 Å². The first-order chi connectivity index (χ1) is 11.6. The van der Waals surface area contributed by atoms with Crippen LogP contribution in [-0.2, 0) is 7.05 Å². The number of fused-ring (bicyclic) bond motifs is 2. The summed E-state index contributed by atoms with van der Waals surface area (Å²) in [4.78, 5) is 8.21. The molecule has 4 aromatic rings. The Balaban J connectivity index is 1.84. The highest BCUT2D eigenvalue weighted by molar-refractivity contribution is 5.96. The summed E-state index contributed by atoms with van der Waals surface area (Å²) in [5.74, 6) is 0.301. The van der Waals surface area contributed by atoms with E-state index in [0.29, 0.717) is 27.6 Å². The Labute approximate surface area is 135 Å². The molecule has 0 fully saturated rings. The van der Waals surface area contributed by atoms with Crippen molar-refractivity contribution in [3.63, 3.8) is 0 Å². The third-order valence-electron chi connectivity index (χ3n) is 3.74. The van der Waals surface area contributed by atoms with Gasteiger partial charge in [-0.1, -0.05) is 24.3 Å². The monoisotopic (exact) mass is 320 g/mol. The normalized spacial score (nSPS) is 11.7. The molecule has 118 valence electrons. The molecule has 0 aliphatic carbocycles. The van der Waals surface area contributed by atoms with Crippen molar-refractivity contribution in [1.82, 2.24) is 19.7 Å². The van der Waals surface area contributed by atoms with E-state index in [9.17, 15) is 10.2 Å². The Kier molecular flexibility index (Phi) is 3.09. The number of aryl methyl sites for hydroxylation is 1. The number of rotatable bonds is 2. The van der Waals surface area contributed by atoms with Crippen LogP contribution in [0.3, 0.4) is 0 Å². The van der Waals surface area contributed by atoms with Gasteiger partial charge in [0, 0.05) is 23.9 Å². The molecule has 0 saturated carbocycles. The van der Waals surface area contributed by atoms with Gasteiger partial charge in [0.15, 0.2) is 17.2 Å². The SMILES string of the molecule is Cn1ncc2c(N=Nc3cc(O)c4ccccc4c3O)ncnc21. The molecule has 24 heavy (non-hydrogen) atoms. The number of nitrogens with zero attached hydrogens (tertiary/aromatic N) is 6. The van der Waals surface area contributed by atoms with Crippen LogP contribution in [0.2, 0.25) is 0 Å². The molecule has 0 aliphatic rings. The first-order valence-electron chi connectivity index (χ1n) is 7.13. The Bertz CT molecular complexity index is 1100. The van der Waals surface area contributed by atoms with Crippen LogP contribution in [0.5, 0.6) is 11.5 Å². The molecule has 0 amide bonds. The topological polar surface area (TPSA) is 109 Å². The van der Waals surface area contributed by atoms with Crippen LogP contribution < -0.4 is 0 Å². The van der Waals surface area contributed by atoms with Crippen LogP contribution in [0.1, 0.15) is 0 Å². The van der Waals surface area contributed by atoms with Crippen molar-refractivity contribution >= 4 is 33.3 Å². The molecule has 2 heterocycles. The number of aromatic hydroxyl groups is 2. The summed E-state index contributed by atoms with van der Waals surface area (Å²) in [6.07, 6.45) is 2.97. The van der Waals surface area contributed by atoms with Crippen LogP contribution >= 0.6 is 0 Å². The molecule has 2 aromatic heterocycles. The van der Waals surface area contributed by atoms with Crippen molar-refractivity contribution in [2.75, 3.05) is 0 Å². The second-order valence-electron chi connectivity index (χ2n) is 5.21. The Morgan fingerprint density at radius 2 is 1.79 bits per heavy atom. The number of benzene rings is 2. The minimum Gasteiger partial charge on any atom is -0.507 e. The lowest BCUT2D eigenvalue weighted by atomic mass is 10.1. The van der Waals surface area contributed by atoms with Gasteiger partial charge in [0.05, 0.1) is 11.6 Å². The van der Waals surface area contributed by atoms with Crippen molar-refractivity contribution in [3.8, 4) is 11.5 Å². The van der Waals surface area contributed by atoms with Crippen LogP contribution in [0.15, 0.2) is 53.1 Å². The first kappa shape index (κ1) is 14.1. The Morgan fingerprint density at radius 1 is 1.00 bits per heavy atom. The van der Waals surface area contributed by atoms with E-state index in [-0.39, 0.29) is 17.2 Å². The highest BCUT2D eigenvalue weighted by atomic mass is 16.3. The van der Waals surface area contributed by atoms with E-state index in [1.54, 1.807) is 42.2 Å². The van der Waals surface area contributed by atoms with E-state index < -0.39 is 0 Å². The van der Waals surface area contributed by atoms with E-state index >= 15 is 0 Å². The minimum absolute atomic E-state index is 0.0200. The third kappa shape index (κ3) is 2.12. The maximum Gasteiger partial charge on any atom is 0.188 e. The van der Waals surface area contributed by atoms with Gasteiger partial charge in [-0.15, -0.1) is 10.2 Å². The Hall–Kier alpha value is -3.55. The number of azo groups is 1. The molecule has 0 unspecified atom stereocenters. The molecule has 2 aromatic carbocycles. The highest BCUT2D eigenvalue weighted by Gasteiger charge is 2.11. The van der Waals surface area contributed by atoms with Gasteiger partial charge in [-0.2, -0.15) is 5.10 Å². The summed E-state index contributed by atoms with van der Waals surface area (Å²) in [6, 6.07) is 8.33. The molecule has 0 aliphatic heterocycles. The minimum atomic E-state index is -0.0522. The zero-order valence-electron chi connectivity index (χ0n) is 12.6. The van der Waals surface area contributed by atoms with Crippen molar-refractivity contribution < 1.29 is 10.2 Å². The fourth-order valence-corrected chi connectivity index (χ4v) is 2.53. The van der Waals surface area contributed by atoms with E-state index in [1.165, 1.54) is 12.4 Å². The lowest BCUT2D eigenvalue weighted by Crippen LogP contribution is -1.91. The largest absolute Gasteiger partial charge is 0.507 e. The van der Waals surface area contributed by atoms with E-state index in [1.807, 2.05) is 0 Å². The predicted octanol–water partition coefficient (Wildman–Crippen LogP) is 3.34. The van der Waals surface area contributed by atoms with Crippen molar-refractivity contribution in [3.05, 3.63) is 42.9 Å². The molecule has 0 radical (unpaired) electrons. The zero-order chi connectivity index (χ0) is 16.7. The number of phenols is 2. The third-order valence-corrected chi connectivity index (χ3v) is 3.74. The van der Waals surface area contributed by atoms with Gasteiger partial charge in [0.25, 0.3) is 0 Å². The molecule has 0 bridgehead atoms. The maximum atomic E-state index is 10.4. The zero-order valence-corrected chi connectivity index (χ0v) is 12.6. The average Bonchev–Trinajstić information content (AvgIpc) is 2.99. The van der Waals surface area contributed by atoms with Crippen LogP contribution in [-0.4, -0.2) is 30.0 Å². The van der Waals surface area contributed by atoms with Crippen molar-refractivity contribution in [2.24, 2.45) is 17.3 Å². The molecular formula is C16H12N6O2. The van der Waals surface area contributed by atoms with Gasteiger partial charge in [0.2, 0.25) is 0 Å². The molecule has 2 N–H and O–H groups in total. The average molecular weight is 320 g/mol. The van der Waals surface area contributed by atoms with Gasteiger partial charge >= 0.3 is 0 Å². The van der Waals surface area contributed by atoms with E-state index in [0.717, 1.165) is 0 Å².